The Morgan fingerprint density at radius 1 is 0.607 bits per heavy atom. The summed E-state index contributed by atoms with van der Waals surface area (Å²) in [5.74, 6) is -0.288. The highest BCUT2D eigenvalue weighted by atomic mass is 19.2. The molecule has 4 aromatic rings. The highest BCUT2D eigenvalue weighted by Gasteiger charge is 2.17. The maximum Gasteiger partial charge on any atom is 0.521 e. The van der Waals surface area contributed by atoms with E-state index in [-0.39, 0.29) is 18.0 Å². The molecule has 0 aliphatic heterocycles. The molecule has 138 valence electrons. The maximum absolute atomic E-state index is 12.8. The van der Waals surface area contributed by atoms with Gasteiger partial charge in [0.1, 0.15) is 0 Å². The fourth-order valence-electron chi connectivity index (χ4n) is 3.27. The number of rotatable bonds is 4. The number of carbonyl (C=O) groups excluding carboxylic acids is 2. The van der Waals surface area contributed by atoms with Gasteiger partial charge in [-0.15, -0.1) is 0 Å². The fraction of sp³-hybridized carbons (Fsp3) is 0.0435. The van der Waals surface area contributed by atoms with Crippen LogP contribution in [0.5, 0.6) is 0 Å². The number of benzene rings is 4. The Kier molecular flexibility index (Phi) is 6.27. The molecule has 0 spiro atoms. The molecule has 0 aliphatic rings. The van der Waals surface area contributed by atoms with Crippen LogP contribution in [0.15, 0.2) is 84.9 Å². The van der Waals surface area contributed by atoms with Crippen molar-refractivity contribution in [1.29, 1.82) is 0 Å². The molecule has 0 aliphatic carbocycles. The van der Waals surface area contributed by atoms with Crippen LogP contribution in [0.4, 0.5) is 8.63 Å². The average Bonchev–Trinajstić information content (AvgIpc) is 2.73. The fourth-order valence-corrected chi connectivity index (χ4v) is 3.27. The molecule has 0 radical (unpaired) electrons. The van der Waals surface area contributed by atoms with Gasteiger partial charge in [0.2, 0.25) is 0 Å². The molecule has 4 rings (SSSR count). The van der Waals surface area contributed by atoms with Crippen molar-refractivity contribution in [3.63, 3.8) is 0 Å². The summed E-state index contributed by atoms with van der Waals surface area (Å²) in [7, 11) is -1.75. The third-order valence-electron chi connectivity index (χ3n) is 4.50. The zero-order valence-corrected chi connectivity index (χ0v) is 15.1. The van der Waals surface area contributed by atoms with Gasteiger partial charge in [0.15, 0.2) is 11.6 Å². The molecule has 0 atom stereocenters. The van der Waals surface area contributed by atoms with E-state index in [2.05, 4.69) is 0 Å². The first-order chi connectivity index (χ1) is 13.7. The highest BCUT2D eigenvalue weighted by molar-refractivity contribution is 6.20. The SMILES string of the molecule is FBF.O=C(CC(=O)c1cccc2ccccc12)c1cccc2ccccc12. The Bertz CT molecular complexity index is 1040. The highest BCUT2D eigenvalue weighted by Crippen LogP contribution is 2.23. The smallest absolute Gasteiger partial charge is 0.294 e. The van der Waals surface area contributed by atoms with Crippen LogP contribution in [0.2, 0.25) is 0 Å². The number of halogens is 2. The minimum atomic E-state index is -1.75. The van der Waals surface area contributed by atoms with Gasteiger partial charge in [-0.1, -0.05) is 84.9 Å². The molecule has 2 nitrogen and oxygen atoms in total. The lowest BCUT2D eigenvalue weighted by Crippen LogP contribution is -2.09. The van der Waals surface area contributed by atoms with Crippen LogP contribution in [-0.4, -0.2) is 19.4 Å². The second kappa shape index (κ2) is 9.04. The maximum atomic E-state index is 12.8. The number of carbonyl (C=O) groups is 2. The molecule has 0 fully saturated rings. The third kappa shape index (κ3) is 4.14. The Labute approximate surface area is 162 Å². The second-order valence-electron chi connectivity index (χ2n) is 6.18. The lowest BCUT2D eigenvalue weighted by molar-refractivity contribution is 0.0896. The zero-order chi connectivity index (χ0) is 19.9. The lowest BCUT2D eigenvalue weighted by Gasteiger charge is -2.07. The minimum absolute atomic E-state index is 0.123. The van der Waals surface area contributed by atoms with Crippen LogP contribution in [0.1, 0.15) is 27.1 Å². The van der Waals surface area contributed by atoms with Crippen molar-refractivity contribution >= 4 is 40.9 Å². The van der Waals surface area contributed by atoms with E-state index in [9.17, 15) is 18.2 Å². The number of hydrogen-bond donors (Lipinski definition) is 0. The van der Waals surface area contributed by atoms with Gasteiger partial charge >= 0.3 is 7.83 Å². The Hall–Kier alpha value is -3.34. The predicted octanol–water partition coefficient (Wildman–Crippen LogP) is 5.64. The van der Waals surface area contributed by atoms with Crippen molar-refractivity contribution in [2.45, 2.75) is 6.42 Å². The van der Waals surface area contributed by atoms with E-state index < -0.39 is 7.83 Å². The predicted molar refractivity (Wildman–Crippen MR) is 111 cm³/mol. The van der Waals surface area contributed by atoms with Crippen molar-refractivity contribution in [3.8, 4) is 0 Å². The van der Waals surface area contributed by atoms with Crippen LogP contribution in [0, 0.1) is 0 Å². The van der Waals surface area contributed by atoms with Gasteiger partial charge in [0.05, 0.1) is 6.42 Å². The summed E-state index contributed by atoms with van der Waals surface area (Å²) >= 11 is 0. The molecule has 0 aromatic heterocycles. The molecule has 0 amide bonds. The molecule has 0 N–H and O–H groups in total. The third-order valence-corrected chi connectivity index (χ3v) is 4.50. The summed E-state index contributed by atoms with van der Waals surface area (Å²) in [6, 6.07) is 26.7. The minimum Gasteiger partial charge on any atom is -0.294 e. The number of ketones is 2. The number of Topliss-reactive ketones (excluding diaryl/α,β-unsaturated/α-hetero) is 2. The number of hydrogen-bond acceptors (Lipinski definition) is 2. The summed E-state index contributed by atoms with van der Waals surface area (Å²) in [4.78, 5) is 25.5. The molecule has 0 saturated heterocycles. The van der Waals surface area contributed by atoms with Crippen molar-refractivity contribution in [2.75, 3.05) is 0 Å². The van der Waals surface area contributed by atoms with Crippen molar-refractivity contribution < 1.29 is 18.2 Å². The summed E-state index contributed by atoms with van der Waals surface area (Å²) in [5, 5.41) is 3.79. The van der Waals surface area contributed by atoms with Gasteiger partial charge in [-0.3, -0.25) is 18.2 Å². The largest absolute Gasteiger partial charge is 0.521 e. The summed E-state index contributed by atoms with van der Waals surface area (Å²) in [5.41, 5.74) is 1.21. The van der Waals surface area contributed by atoms with E-state index in [0.29, 0.717) is 11.1 Å². The van der Waals surface area contributed by atoms with E-state index in [4.69, 9.17) is 0 Å². The normalized spacial score (nSPS) is 10.2. The van der Waals surface area contributed by atoms with Gasteiger partial charge < -0.3 is 0 Å². The first kappa shape index (κ1) is 19.4. The van der Waals surface area contributed by atoms with Crippen molar-refractivity contribution in [2.24, 2.45) is 0 Å². The molecule has 0 bridgehead atoms. The lowest BCUT2D eigenvalue weighted by atomic mass is 9.95. The monoisotopic (exact) mass is 374 g/mol. The summed E-state index contributed by atoms with van der Waals surface area (Å²) in [6.45, 7) is 0. The first-order valence-electron chi connectivity index (χ1n) is 8.79. The number of fused-ring (bicyclic) bond motifs is 2. The van der Waals surface area contributed by atoms with Gasteiger partial charge in [-0.2, -0.15) is 0 Å². The summed E-state index contributed by atoms with van der Waals surface area (Å²) in [6.07, 6.45) is -0.123. The van der Waals surface area contributed by atoms with Crippen molar-refractivity contribution in [3.05, 3.63) is 96.1 Å². The molecule has 0 heterocycles. The molecule has 4 aromatic carbocycles. The molecule has 0 saturated carbocycles. The molecule has 0 unspecified atom stereocenters. The van der Waals surface area contributed by atoms with Crippen LogP contribution in [-0.2, 0) is 0 Å². The standard InChI is InChI=1S/C23H16O2.BF2H/c24-22(20-13-5-9-16-7-1-3-11-18(16)20)15-23(25)21-14-6-10-17-8-2-4-12-19(17)21;2-1-3/h1-14H,15H2;1H. The molecule has 28 heavy (non-hydrogen) atoms. The van der Waals surface area contributed by atoms with E-state index in [1.54, 1.807) is 12.1 Å². The van der Waals surface area contributed by atoms with Crippen LogP contribution in [0.3, 0.4) is 0 Å². The van der Waals surface area contributed by atoms with E-state index in [1.807, 2.05) is 72.8 Å². The van der Waals surface area contributed by atoms with E-state index >= 15 is 0 Å². The Morgan fingerprint density at radius 3 is 1.39 bits per heavy atom. The van der Waals surface area contributed by atoms with E-state index in [1.165, 1.54) is 0 Å². The molecular formula is C23H17BF2O2. The molecule has 5 heteroatoms. The van der Waals surface area contributed by atoms with Crippen LogP contribution >= 0.6 is 0 Å². The summed E-state index contributed by atoms with van der Waals surface area (Å²) < 4.78 is 19.2. The van der Waals surface area contributed by atoms with Crippen LogP contribution in [0.25, 0.3) is 21.5 Å². The van der Waals surface area contributed by atoms with Gasteiger partial charge in [0, 0.05) is 11.1 Å². The first-order valence-corrected chi connectivity index (χ1v) is 8.79. The van der Waals surface area contributed by atoms with E-state index in [0.717, 1.165) is 21.5 Å². The zero-order valence-electron chi connectivity index (χ0n) is 15.1. The Balaban J connectivity index is 0.000000706. The average molecular weight is 374 g/mol. The van der Waals surface area contributed by atoms with Gasteiger partial charge in [-0.25, -0.2) is 0 Å². The topological polar surface area (TPSA) is 34.1 Å². The van der Waals surface area contributed by atoms with Gasteiger partial charge in [-0.05, 0) is 21.5 Å². The van der Waals surface area contributed by atoms with Gasteiger partial charge in [0.25, 0.3) is 0 Å². The quantitative estimate of drug-likeness (QED) is 0.263. The second-order valence-corrected chi connectivity index (χ2v) is 6.18. The Morgan fingerprint density at radius 2 is 0.964 bits per heavy atom. The van der Waals surface area contributed by atoms with Crippen molar-refractivity contribution in [1.82, 2.24) is 0 Å². The van der Waals surface area contributed by atoms with Crippen LogP contribution < -0.4 is 0 Å². The molecular weight excluding hydrogens is 357 g/mol.